The Kier molecular flexibility index (Phi) is 5.25. The van der Waals surface area contributed by atoms with Gasteiger partial charge in [-0.25, -0.2) is 15.0 Å². The lowest BCUT2D eigenvalue weighted by Gasteiger charge is -2.05. The van der Waals surface area contributed by atoms with Crippen LogP contribution in [0.1, 0.15) is 16.8 Å². The summed E-state index contributed by atoms with van der Waals surface area (Å²) < 4.78 is 5.90. The van der Waals surface area contributed by atoms with Crippen molar-refractivity contribution in [2.75, 3.05) is 12.3 Å². The molecule has 0 saturated carbocycles. The molecule has 4 aromatic rings. The molecule has 1 N–H and O–H groups in total. The van der Waals surface area contributed by atoms with Crippen molar-refractivity contribution < 1.29 is 9.21 Å². The van der Waals surface area contributed by atoms with E-state index in [9.17, 15) is 4.79 Å². The summed E-state index contributed by atoms with van der Waals surface area (Å²) >= 11 is 1.34. The quantitative estimate of drug-likeness (QED) is 0.397. The SMILES string of the molecule is Cc1cc2c(nc1C)oc1c(SCC(=O)NCCc3ccccc3)ncnc12. The van der Waals surface area contributed by atoms with Gasteiger partial charge in [0.15, 0.2) is 5.58 Å². The van der Waals surface area contributed by atoms with E-state index in [1.807, 2.05) is 38.1 Å². The molecule has 0 aliphatic rings. The van der Waals surface area contributed by atoms with Crippen LogP contribution >= 0.6 is 11.8 Å². The number of hydrogen-bond donors (Lipinski definition) is 1. The molecule has 28 heavy (non-hydrogen) atoms. The number of aromatic nitrogens is 3. The van der Waals surface area contributed by atoms with Crippen molar-refractivity contribution in [3.63, 3.8) is 0 Å². The second kappa shape index (κ2) is 7.98. The Morgan fingerprint density at radius 1 is 1.18 bits per heavy atom. The number of fused-ring (bicyclic) bond motifs is 3. The predicted octanol–water partition coefficient (Wildman–Crippen LogP) is 3.84. The van der Waals surface area contributed by atoms with E-state index in [1.54, 1.807) is 0 Å². The summed E-state index contributed by atoms with van der Waals surface area (Å²) in [5, 5.41) is 4.46. The van der Waals surface area contributed by atoms with Crippen molar-refractivity contribution >= 4 is 39.9 Å². The molecule has 0 aliphatic heterocycles. The van der Waals surface area contributed by atoms with E-state index in [2.05, 4.69) is 32.4 Å². The Bertz CT molecular complexity index is 1140. The topological polar surface area (TPSA) is 80.9 Å². The molecule has 4 rings (SSSR count). The molecule has 0 fully saturated rings. The number of benzene rings is 1. The summed E-state index contributed by atoms with van der Waals surface area (Å²) in [5.74, 6) is 0.234. The van der Waals surface area contributed by atoms with E-state index < -0.39 is 0 Å². The van der Waals surface area contributed by atoms with Crippen LogP contribution in [0.15, 0.2) is 52.2 Å². The number of furan rings is 1. The number of hydrogen-bond acceptors (Lipinski definition) is 6. The zero-order valence-corrected chi connectivity index (χ0v) is 16.5. The van der Waals surface area contributed by atoms with Crippen molar-refractivity contribution in [1.29, 1.82) is 0 Å². The lowest BCUT2D eigenvalue weighted by molar-refractivity contribution is -0.118. The monoisotopic (exact) mass is 392 g/mol. The molecule has 0 spiro atoms. The molecule has 0 unspecified atom stereocenters. The average Bonchev–Trinajstić information content (AvgIpc) is 3.05. The molecule has 0 aliphatic carbocycles. The van der Waals surface area contributed by atoms with Gasteiger partial charge in [0.2, 0.25) is 11.6 Å². The highest BCUT2D eigenvalue weighted by molar-refractivity contribution is 8.00. The summed E-state index contributed by atoms with van der Waals surface area (Å²) in [6.07, 6.45) is 2.31. The fourth-order valence-electron chi connectivity index (χ4n) is 2.95. The third-order valence-corrected chi connectivity index (χ3v) is 5.55. The summed E-state index contributed by atoms with van der Waals surface area (Å²) in [7, 11) is 0. The van der Waals surface area contributed by atoms with Crippen LogP contribution in [0.5, 0.6) is 0 Å². The fraction of sp³-hybridized carbons (Fsp3) is 0.238. The predicted molar refractivity (Wildman–Crippen MR) is 110 cm³/mol. The Balaban J connectivity index is 1.44. The first-order chi connectivity index (χ1) is 13.6. The van der Waals surface area contributed by atoms with Crippen LogP contribution in [0.4, 0.5) is 0 Å². The van der Waals surface area contributed by atoms with E-state index in [0.29, 0.717) is 22.9 Å². The van der Waals surface area contributed by atoms with Crippen molar-refractivity contribution in [3.8, 4) is 0 Å². The van der Waals surface area contributed by atoms with Gasteiger partial charge in [0.1, 0.15) is 16.9 Å². The number of aryl methyl sites for hydroxylation is 2. The lowest BCUT2D eigenvalue weighted by atomic mass is 10.1. The van der Waals surface area contributed by atoms with Gasteiger partial charge in [-0.2, -0.15) is 0 Å². The van der Waals surface area contributed by atoms with Crippen LogP contribution in [0.2, 0.25) is 0 Å². The van der Waals surface area contributed by atoms with Crippen LogP contribution < -0.4 is 5.32 Å². The lowest BCUT2D eigenvalue weighted by Crippen LogP contribution is -2.27. The first-order valence-electron chi connectivity index (χ1n) is 9.06. The summed E-state index contributed by atoms with van der Waals surface area (Å²) in [4.78, 5) is 25.3. The van der Waals surface area contributed by atoms with Gasteiger partial charge in [0.05, 0.1) is 11.1 Å². The number of thioether (sulfide) groups is 1. The van der Waals surface area contributed by atoms with Gasteiger partial charge in [-0.15, -0.1) is 0 Å². The smallest absolute Gasteiger partial charge is 0.230 e. The molecule has 0 radical (unpaired) electrons. The molecule has 142 valence electrons. The molecule has 3 heterocycles. The molecule has 7 heteroatoms. The van der Waals surface area contributed by atoms with Crippen LogP contribution in [0.3, 0.4) is 0 Å². The van der Waals surface area contributed by atoms with Crippen LogP contribution in [0.25, 0.3) is 22.2 Å². The minimum Gasteiger partial charge on any atom is -0.433 e. The Morgan fingerprint density at radius 3 is 2.82 bits per heavy atom. The van der Waals surface area contributed by atoms with Gasteiger partial charge in [-0.3, -0.25) is 4.79 Å². The molecule has 6 nitrogen and oxygen atoms in total. The third-order valence-electron chi connectivity index (χ3n) is 4.57. The number of nitrogens with one attached hydrogen (secondary N) is 1. The number of rotatable bonds is 6. The van der Waals surface area contributed by atoms with E-state index >= 15 is 0 Å². The Hall–Kier alpha value is -2.93. The maximum atomic E-state index is 12.2. The first-order valence-corrected chi connectivity index (χ1v) is 10.1. The molecule has 1 amide bonds. The third kappa shape index (κ3) is 3.84. The fourth-order valence-corrected chi connectivity index (χ4v) is 3.71. The minimum atomic E-state index is -0.0337. The summed E-state index contributed by atoms with van der Waals surface area (Å²) in [5.41, 5.74) is 5.07. The zero-order valence-electron chi connectivity index (χ0n) is 15.7. The normalized spacial score (nSPS) is 11.2. The standard InChI is InChI=1S/C21H20N4O2S/c1-13-10-16-18-19(27-20(16)25-14(13)2)21(24-12-23-18)28-11-17(26)22-9-8-15-6-4-3-5-7-15/h3-7,10,12H,8-9,11H2,1-2H3,(H,22,26). The molecular formula is C21H20N4O2S. The number of pyridine rings is 1. The van der Waals surface area contributed by atoms with Gasteiger partial charge in [0.25, 0.3) is 0 Å². The van der Waals surface area contributed by atoms with Crippen molar-refractivity contribution in [2.45, 2.75) is 25.3 Å². The van der Waals surface area contributed by atoms with Gasteiger partial charge in [-0.05, 0) is 37.5 Å². The summed E-state index contributed by atoms with van der Waals surface area (Å²) in [6.45, 7) is 4.57. The van der Waals surface area contributed by atoms with Gasteiger partial charge < -0.3 is 9.73 Å². The van der Waals surface area contributed by atoms with Gasteiger partial charge in [-0.1, -0.05) is 42.1 Å². The maximum Gasteiger partial charge on any atom is 0.230 e. The first kappa shape index (κ1) is 18.4. The number of carbonyl (C=O) groups excluding carboxylic acids is 1. The Morgan fingerprint density at radius 2 is 2.00 bits per heavy atom. The van der Waals surface area contributed by atoms with Crippen LogP contribution in [-0.2, 0) is 11.2 Å². The van der Waals surface area contributed by atoms with E-state index in [1.165, 1.54) is 23.7 Å². The zero-order chi connectivity index (χ0) is 19.5. The maximum absolute atomic E-state index is 12.2. The molecule has 0 saturated heterocycles. The second-order valence-corrected chi connectivity index (χ2v) is 7.54. The van der Waals surface area contributed by atoms with E-state index in [4.69, 9.17) is 4.42 Å². The highest BCUT2D eigenvalue weighted by atomic mass is 32.2. The van der Waals surface area contributed by atoms with Gasteiger partial charge >= 0.3 is 0 Å². The molecule has 3 aromatic heterocycles. The van der Waals surface area contributed by atoms with E-state index in [0.717, 1.165) is 28.6 Å². The minimum absolute atomic E-state index is 0.0337. The number of nitrogens with zero attached hydrogens (tertiary/aromatic N) is 3. The number of amides is 1. The Labute approximate surface area is 166 Å². The highest BCUT2D eigenvalue weighted by Crippen LogP contribution is 2.32. The van der Waals surface area contributed by atoms with Crippen LogP contribution in [-0.4, -0.2) is 33.2 Å². The summed E-state index contributed by atoms with van der Waals surface area (Å²) in [6, 6.07) is 12.1. The largest absolute Gasteiger partial charge is 0.433 e. The van der Waals surface area contributed by atoms with Crippen molar-refractivity contribution in [3.05, 3.63) is 59.5 Å². The second-order valence-electron chi connectivity index (χ2n) is 6.58. The highest BCUT2D eigenvalue weighted by Gasteiger charge is 2.16. The average molecular weight is 392 g/mol. The van der Waals surface area contributed by atoms with Crippen molar-refractivity contribution in [1.82, 2.24) is 20.3 Å². The molecular weight excluding hydrogens is 372 g/mol. The molecule has 1 aromatic carbocycles. The molecule has 0 bridgehead atoms. The van der Waals surface area contributed by atoms with Gasteiger partial charge in [0, 0.05) is 12.2 Å². The molecule has 0 atom stereocenters. The van der Waals surface area contributed by atoms with Crippen LogP contribution in [0, 0.1) is 13.8 Å². The van der Waals surface area contributed by atoms with Crippen molar-refractivity contribution in [2.24, 2.45) is 0 Å². The number of carbonyl (C=O) groups is 1. The van der Waals surface area contributed by atoms with E-state index in [-0.39, 0.29) is 11.7 Å².